The van der Waals surface area contributed by atoms with Crippen LogP contribution in [0, 0.1) is 11.2 Å². The largest absolute Gasteiger partial charge is 0.446 e. The molecule has 0 aliphatic carbocycles. The molecule has 1 aromatic heterocycles. The second-order valence-corrected chi connectivity index (χ2v) is 6.03. The van der Waals surface area contributed by atoms with Crippen molar-refractivity contribution in [2.75, 3.05) is 0 Å². The van der Waals surface area contributed by atoms with E-state index in [1.54, 1.807) is 45.2 Å². The molecule has 0 aliphatic rings. The summed E-state index contributed by atoms with van der Waals surface area (Å²) in [5.41, 5.74) is -4.30. The van der Waals surface area contributed by atoms with E-state index in [0.29, 0.717) is 11.2 Å². The second kappa shape index (κ2) is 5.16. The minimum atomic E-state index is -4.30. The summed E-state index contributed by atoms with van der Waals surface area (Å²) in [6.07, 6.45) is 0. The molecule has 1 rings (SSSR count). The van der Waals surface area contributed by atoms with E-state index in [0.717, 1.165) is 0 Å². The van der Waals surface area contributed by atoms with Crippen LogP contribution < -0.4 is 0 Å². The number of rotatable bonds is 1. The summed E-state index contributed by atoms with van der Waals surface area (Å²) in [5, 5.41) is 0. The van der Waals surface area contributed by atoms with E-state index < -0.39 is 5.51 Å². The standard InChI is InChI=1S/C5F3I3N2S/c6-5(7,8)14-1-2(9)12-4(11)13-3(1)10. The van der Waals surface area contributed by atoms with Crippen molar-refractivity contribution in [3.05, 3.63) is 11.2 Å². The van der Waals surface area contributed by atoms with Gasteiger partial charge in [0.15, 0.2) is 3.83 Å². The van der Waals surface area contributed by atoms with Gasteiger partial charge in [0.2, 0.25) is 0 Å². The highest BCUT2D eigenvalue weighted by Gasteiger charge is 2.32. The lowest BCUT2D eigenvalue weighted by Crippen LogP contribution is -2.05. The van der Waals surface area contributed by atoms with Crippen LogP contribution in [0.3, 0.4) is 0 Å². The molecule has 2 nitrogen and oxygen atoms in total. The van der Waals surface area contributed by atoms with Crippen LogP contribution in [0.1, 0.15) is 0 Å². The Labute approximate surface area is 123 Å². The molecule has 1 heterocycles. The zero-order chi connectivity index (χ0) is 10.9. The molecule has 9 heteroatoms. The molecule has 0 unspecified atom stereocenters. The maximum absolute atomic E-state index is 12.1. The van der Waals surface area contributed by atoms with Crippen molar-refractivity contribution in [1.82, 2.24) is 9.97 Å². The zero-order valence-corrected chi connectivity index (χ0v) is 13.4. The van der Waals surface area contributed by atoms with Crippen LogP contribution in [0.2, 0.25) is 0 Å². The molecule has 0 fully saturated rings. The van der Waals surface area contributed by atoms with E-state index in [9.17, 15) is 13.2 Å². The van der Waals surface area contributed by atoms with Crippen LogP contribution in [0.25, 0.3) is 0 Å². The van der Waals surface area contributed by atoms with E-state index >= 15 is 0 Å². The molecule has 0 spiro atoms. The topological polar surface area (TPSA) is 25.8 Å². The van der Waals surface area contributed by atoms with Crippen LogP contribution in [-0.2, 0) is 0 Å². The summed E-state index contributed by atoms with van der Waals surface area (Å²) in [6.45, 7) is 0. The molecule has 0 radical (unpaired) electrons. The lowest BCUT2D eigenvalue weighted by Gasteiger charge is -2.08. The van der Waals surface area contributed by atoms with Crippen LogP contribution >= 0.6 is 79.5 Å². The maximum Gasteiger partial charge on any atom is 0.446 e. The molecule has 0 saturated heterocycles. The van der Waals surface area contributed by atoms with Crippen molar-refractivity contribution >= 4 is 79.5 Å². The Kier molecular flexibility index (Phi) is 4.97. The van der Waals surface area contributed by atoms with Crippen molar-refractivity contribution in [3.8, 4) is 0 Å². The van der Waals surface area contributed by atoms with E-state index in [1.807, 2.05) is 22.6 Å². The Balaban J connectivity index is 3.09. The fourth-order valence-corrected chi connectivity index (χ4v) is 4.61. The SMILES string of the molecule is FC(F)(F)Sc1c(I)nc(I)nc1I. The fraction of sp³-hybridized carbons (Fsp3) is 0.200. The lowest BCUT2D eigenvalue weighted by molar-refractivity contribution is -0.0329. The van der Waals surface area contributed by atoms with Crippen LogP contribution in [0.15, 0.2) is 4.90 Å². The molecule has 0 saturated carbocycles. The van der Waals surface area contributed by atoms with Crippen molar-refractivity contribution in [2.45, 2.75) is 10.4 Å². The van der Waals surface area contributed by atoms with Gasteiger partial charge in [-0.3, -0.25) is 0 Å². The van der Waals surface area contributed by atoms with Gasteiger partial charge in [0.05, 0.1) is 4.90 Å². The molecule has 0 atom stereocenters. The van der Waals surface area contributed by atoms with Gasteiger partial charge in [-0.1, -0.05) is 0 Å². The van der Waals surface area contributed by atoms with Gasteiger partial charge < -0.3 is 0 Å². The Morgan fingerprint density at radius 2 is 1.43 bits per heavy atom. The van der Waals surface area contributed by atoms with Crippen LogP contribution in [0.5, 0.6) is 0 Å². The van der Waals surface area contributed by atoms with Crippen molar-refractivity contribution in [3.63, 3.8) is 0 Å². The van der Waals surface area contributed by atoms with Gasteiger partial charge in [-0.2, -0.15) is 13.2 Å². The number of thioether (sulfide) groups is 1. The van der Waals surface area contributed by atoms with Gasteiger partial charge >= 0.3 is 5.51 Å². The normalized spacial score (nSPS) is 11.9. The average Bonchev–Trinajstić information content (AvgIpc) is 1.95. The monoisotopic (exact) mass is 558 g/mol. The molecule has 1 aromatic rings. The molecular formula is C5F3I3N2S. The third-order valence-corrected chi connectivity index (χ3v) is 4.57. The van der Waals surface area contributed by atoms with Gasteiger partial charge in [-0.25, -0.2) is 9.97 Å². The van der Waals surface area contributed by atoms with E-state index in [-0.39, 0.29) is 16.7 Å². The zero-order valence-electron chi connectivity index (χ0n) is 6.07. The number of nitrogens with zero attached hydrogens (tertiary/aromatic N) is 2. The molecule has 0 aromatic carbocycles. The highest BCUT2D eigenvalue weighted by Crippen LogP contribution is 2.40. The number of halogens is 6. The van der Waals surface area contributed by atoms with Crippen LogP contribution in [-0.4, -0.2) is 15.5 Å². The Morgan fingerprint density at radius 1 is 1.00 bits per heavy atom. The van der Waals surface area contributed by atoms with E-state index in [2.05, 4.69) is 9.97 Å². The second-order valence-electron chi connectivity index (χ2n) is 1.95. The molecule has 0 amide bonds. The fourth-order valence-electron chi connectivity index (χ4n) is 0.574. The lowest BCUT2D eigenvalue weighted by atomic mass is 10.7. The average molecular weight is 558 g/mol. The number of alkyl halides is 3. The van der Waals surface area contributed by atoms with Crippen molar-refractivity contribution in [2.24, 2.45) is 0 Å². The minimum absolute atomic E-state index is 0.0686. The van der Waals surface area contributed by atoms with Gasteiger partial charge in [0.25, 0.3) is 0 Å². The third kappa shape index (κ3) is 4.11. The van der Waals surface area contributed by atoms with Crippen molar-refractivity contribution < 1.29 is 13.2 Å². The first-order valence-electron chi connectivity index (χ1n) is 2.94. The third-order valence-electron chi connectivity index (χ3n) is 0.973. The van der Waals surface area contributed by atoms with Crippen molar-refractivity contribution in [1.29, 1.82) is 0 Å². The first-order chi connectivity index (χ1) is 6.29. The summed E-state index contributed by atoms with van der Waals surface area (Å²) in [5.74, 6) is 0. The number of hydrogen-bond acceptors (Lipinski definition) is 3. The smallest absolute Gasteiger partial charge is 0.216 e. The Hall–Kier alpha value is 1.41. The van der Waals surface area contributed by atoms with Gasteiger partial charge in [0, 0.05) is 22.6 Å². The maximum atomic E-state index is 12.1. The summed E-state index contributed by atoms with van der Waals surface area (Å²) in [4.78, 5) is 7.78. The quantitative estimate of drug-likeness (QED) is 0.227. The summed E-state index contributed by atoms with van der Waals surface area (Å²) in [6, 6.07) is 0. The summed E-state index contributed by atoms with van der Waals surface area (Å²) >= 11 is 5.22. The predicted molar refractivity (Wildman–Crippen MR) is 72.1 cm³/mol. The van der Waals surface area contributed by atoms with E-state index in [1.165, 1.54) is 0 Å². The molecule has 78 valence electrons. The molecule has 0 aliphatic heterocycles. The minimum Gasteiger partial charge on any atom is -0.216 e. The Bertz CT molecular complexity index is 334. The highest BCUT2D eigenvalue weighted by atomic mass is 127. The molecular weight excluding hydrogens is 558 g/mol. The van der Waals surface area contributed by atoms with Gasteiger partial charge in [0.1, 0.15) is 7.40 Å². The molecule has 14 heavy (non-hydrogen) atoms. The number of hydrogen-bond donors (Lipinski definition) is 0. The summed E-state index contributed by atoms with van der Waals surface area (Å²) in [7, 11) is 0. The first-order valence-corrected chi connectivity index (χ1v) is 6.99. The predicted octanol–water partition coefficient (Wildman–Crippen LogP) is 3.90. The number of aromatic nitrogens is 2. The van der Waals surface area contributed by atoms with Gasteiger partial charge in [-0.15, -0.1) is 0 Å². The molecule has 0 N–H and O–H groups in total. The molecule has 0 bridgehead atoms. The van der Waals surface area contributed by atoms with Crippen LogP contribution in [0.4, 0.5) is 13.2 Å². The van der Waals surface area contributed by atoms with Gasteiger partial charge in [-0.05, 0) is 56.9 Å². The Morgan fingerprint density at radius 3 is 1.79 bits per heavy atom. The first kappa shape index (κ1) is 13.5. The van der Waals surface area contributed by atoms with E-state index in [4.69, 9.17) is 0 Å². The highest BCUT2D eigenvalue weighted by molar-refractivity contribution is 14.1. The summed E-state index contributed by atoms with van der Waals surface area (Å²) < 4.78 is 37.4.